The lowest BCUT2D eigenvalue weighted by atomic mass is 10.2. The molecule has 0 atom stereocenters. The fourth-order valence-corrected chi connectivity index (χ4v) is 4.07. The number of hydrogen-bond donors (Lipinski definition) is 1. The van der Waals surface area contributed by atoms with Gasteiger partial charge in [0.2, 0.25) is 0 Å². The molecule has 134 valence electrons. The molecule has 5 nitrogen and oxygen atoms in total. The number of thiazole rings is 1. The summed E-state index contributed by atoms with van der Waals surface area (Å²) in [5.41, 5.74) is 2.19. The highest BCUT2D eigenvalue weighted by molar-refractivity contribution is 8.00. The van der Waals surface area contributed by atoms with Crippen molar-refractivity contribution in [1.82, 2.24) is 4.98 Å². The molecule has 0 bridgehead atoms. The average Bonchev–Trinajstić information content (AvgIpc) is 3.20. The molecule has 7 heteroatoms. The third-order valence-corrected chi connectivity index (χ3v) is 5.53. The van der Waals surface area contributed by atoms with Crippen molar-refractivity contribution in [2.24, 2.45) is 0 Å². The Balaban J connectivity index is 1.55. The van der Waals surface area contributed by atoms with Gasteiger partial charge in [-0.3, -0.25) is 0 Å². The summed E-state index contributed by atoms with van der Waals surface area (Å²) >= 11 is 3.12. The molecule has 1 aromatic heterocycles. The molecule has 0 spiro atoms. The van der Waals surface area contributed by atoms with E-state index in [1.807, 2.05) is 24.4 Å². The van der Waals surface area contributed by atoms with Crippen molar-refractivity contribution in [2.75, 3.05) is 29.4 Å². The maximum Gasteiger partial charge on any atom is 0.192 e. The summed E-state index contributed by atoms with van der Waals surface area (Å²) in [6.07, 6.45) is 1.79. The molecule has 0 radical (unpaired) electrons. The van der Waals surface area contributed by atoms with Gasteiger partial charge in [0.25, 0.3) is 0 Å². The van der Waals surface area contributed by atoms with Gasteiger partial charge in [-0.25, -0.2) is 4.98 Å². The molecule has 26 heavy (non-hydrogen) atoms. The minimum Gasteiger partial charge on any atom is -0.494 e. The molecule has 2 aromatic carbocycles. The summed E-state index contributed by atoms with van der Waals surface area (Å²) in [6, 6.07) is 14.5. The number of nitrogens with zero attached hydrogens (tertiary/aromatic N) is 2. The zero-order valence-corrected chi connectivity index (χ0v) is 16.0. The second-order valence-electron chi connectivity index (χ2n) is 5.60. The molecular weight excluding hydrogens is 366 g/mol. The standard InChI is InChI=1S/C19H19N3O2S2/c1-2-23-15-5-3-4-14(12-15)22-9-10-24-18-13-16(6-7-17(18)22)26-21-19-20-8-11-25-19/h3-8,11-13H,2,9-10H2,1H3,(H,20,21). The normalized spacial score (nSPS) is 13.0. The SMILES string of the molecule is CCOc1cccc(N2CCOc3cc(SNc4nccs4)ccc32)c1. The van der Waals surface area contributed by atoms with E-state index in [0.29, 0.717) is 13.2 Å². The summed E-state index contributed by atoms with van der Waals surface area (Å²) in [5.74, 6) is 1.78. The minimum atomic E-state index is 0.653. The molecule has 1 aliphatic heterocycles. The number of nitrogens with one attached hydrogen (secondary N) is 1. The van der Waals surface area contributed by atoms with Crippen molar-refractivity contribution >= 4 is 39.8 Å². The summed E-state index contributed by atoms with van der Waals surface area (Å²) < 4.78 is 14.8. The van der Waals surface area contributed by atoms with Crippen LogP contribution in [-0.4, -0.2) is 24.7 Å². The van der Waals surface area contributed by atoms with Gasteiger partial charge < -0.3 is 19.1 Å². The Morgan fingerprint density at radius 2 is 2.27 bits per heavy atom. The Labute approximate surface area is 161 Å². The van der Waals surface area contributed by atoms with Gasteiger partial charge in [-0.1, -0.05) is 6.07 Å². The molecule has 1 aliphatic rings. The Bertz CT molecular complexity index is 871. The van der Waals surface area contributed by atoms with Crippen LogP contribution < -0.4 is 19.1 Å². The fourth-order valence-electron chi connectivity index (χ4n) is 2.82. The highest BCUT2D eigenvalue weighted by atomic mass is 32.2. The topological polar surface area (TPSA) is 46.6 Å². The van der Waals surface area contributed by atoms with Crippen LogP contribution in [0.15, 0.2) is 58.9 Å². The van der Waals surface area contributed by atoms with Gasteiger partial charge in [0.1, 0.15) is 18.1 Å². The molecular formula is C19H19N3O2S2. The van der Waals surface area contributed by atoms with E-state index in [-0.39, 0.29) is 0 Å². The molecule has 0 saturated heterocycles. The van der Waals surface area contributed by atoms with E-state index in [9.17, 15) is 0 Å². The maximum atomic E-state index is 5.90. The maximum absolute atomic E-state index is 5.90. The largest absolute Gasteiger partial charge is 0.494 e. The van der Waals surface area contributed by atoms with Gasteiger partial charge in [0, 0.05) is 28.2 Å². The first-order valence-electron chi connectivity index (χ1n) is 8.43. The molecule has 0 amide bonds. The van der Waals surface area contributed by atoms with Crippen molar-refractivity contribution in [3.05, 3.63) is 54.0 Å². The van der Waals surface area contributed by atoms with E-state index in [1.165, 1.54) is 11.9 Å². The molecule has 3 aromatic rings. The molecule has 0 aliphatic carbocycles. The van der Waals surface area contributed by atoms with Gasteiger partial charge >= 0.3 is 0 Å². The highest BCUT2D eigenvalue weighted by Gasteiger charge is 2.20. The predicted octanol–water partition coefficient (Wildman–Crippen LogP) is 5.19. The van der Waals surface area contributed by atoms with Crippen LogP contribution >= 0.6 is 23.3 Å². The van der Waals surface area contributed by atoms with Crippen molar-refractivity contribution in [1.29, 1.82) is 0 Å². The molecule has 0 saturated carbocycles. The second kappa shape index (κ2) is 7.88. The van der Waals surface area contributed by atoms with Crippen LogP contribution in [0.4, 0.5) is 16.5 Å². The number of rotatable bonds is 6. The van der Waals surface area contributed by atoms with Crippen molar-refractivity contribution < 1.29 is 9.47 Å². The van der Waals surface area contributed by atoms with Gasteiger partial charge in [-0.2, -0.15) is 0 Å². The predicted molar refractivity (Wildman–Crippen MR) is 108 cm³/mol. The minimum absolute atomic E-state index is 0.653. The van der Waals surface area contributed by atoms with Crippen LogP contribution in [0.25, 0.3) is 0 Å². The summed E-state index contributed by atoms with van der Waals surface area (Å²) in [7, 11) is 0. The van der Waals surface area contributed by atoms with Crippen molar-refractivity contribution in [3.63, 3.8) is 0 Å². The fraction of sp³-hybridized carbons (Fsp3) is 0.211. The van der Waals surface area contributed by atoms with Gasteiger partial charge in [0.15, 0.2) is 5.13 Å². The molecule has 2 heterocycles. The number of hydrogen-bond acceptors (Lipinski definition) is 7. The van der Waals surface area contributed by atoms with E-state index < -0.39 is 0 Å². The number of aromatic nitrogens is 1. The van der Waals surface area contributed by atoms with E-state index in [4.69, 9.17) is 9.47 Å². The number of anilines is 3. The number of fused-ring (bicyclic) bond motifs is 1. The van der Waals surface area contributed by atoms with Gasteiger partial charge in [0.05, 0.1) is 18.8 Å². The molecule has 0 fully saturated rings. The number of ether oxygens (including phenoxy) is 2. The smallest absolute Gasteiger partial charge is 0.192 e. The Kier molecular flexibility index (Phi) is 5.17. The first-order chi connectivity index (χ1) is 12.8. The van der Waals surface area contributed by atoms with Gasteiger partial charge in [-0.05, 0) is 49.2 Å². The highest BCUT2D eigenvalue weighted by Crippen LogP contribution is 2.40. The Hall–Kier alpha value is -2.38. The van der Waals surface area contributed by atoms with Gasteiger partial charge in [-0.15, -0.1) is 11.3 Å². The zero-order chi connectivity index (χ0) is 17.8. The van der Waals surface area contributed by atoms with Crippen LogP contribution in [0.3, 0.4) is 0 Å². The van der Waals surface area contributed by atoms with E-state index in [0.717, 1.165) is 39.4 Å². The second-order valence-corrected chi connectivity index (χ2v) is 7.38. The molecule has 1 N–H and O–H groups in total. The monoisotopic (exact) mass is 385 g/mol. The first kappa shape index (κ1) is 17.1. The summed E-state index contributed by atoms with van der Waals surface area (Å²) in [6.45, 7) is 4.12. The first-order valence-corrected chi connectivity index (χ1v) is 10.1. The van der Waals surface area contributed by atoms with Crippen molar-refractivity contribution in [3.8, 4) is 11.5 Å². The van der Waals surface area contributed by atoms with Crippen LogP contribution in [0.1, 0.15) is 6.92 Å². The zero-order valence-electron chi connectivity index (χ0n) is 14.3. The van der Waals surface area contributed by atoms with Crippen LogP contribution in [0, 0.1) is 0 Å². The Morgan fingerprint density at radius 3 is 3.12 bits per heavy atom. The Morgan fingerprint density at radius 1 is 1.31 bits per heavy atom. The lowest BCUT2D eigenvalue weighted by Crippen LogP contribution is -2.28. The van der Waals surface area contributed by atoms with Crippen LogP contribution in [0.5, 0.6) is 11.5 Å². The third kappa shape index (κ3) is 3.73. The quantitative estimate of drug-likeness (QED) is 0.589. The average molecular weight is 386 g/mol. The summed E-state index contributed by atoms with van der Waals surface area (Å²) in [4.78, 5) is 7.58. The molecule has 4 rings (SSSR count). The summed E-state index contributed by atoms with van der Waals surface area (Å²) in [5, 5.41) is 2.84. The molecule has 0 unspecified atom stereocenters. The third-order valence-electron chi connectivity index (χ3n) is 3.92. The van der Waals surface area contributed by atoms with E-state index in [1.54, 1.807) is 17.5 Å². The lowest BCUT2D eigenvalue weighted by molar-refractivity contribution is 0.313. The van der Waals surface area contributed by atoms with E-state index in [2.05, 4.69) is 44.9 Å². The van der Waals surface area contributed by atoms with Crippen LogP contribution in [0.2, 0.25) is 0 Å². The van der Waals surface area contributed by atoms with Crippen LogP contribution in [-0.2, 0) is 0 Å². The van der Waals surface area contributed by atoms with E-state index >= 15 is 0 Å². The lowest BCUT2D eigenvalue weighted by Gasteiger charge is -2.31. The number of benzene rings is 2. The van der Waals surface area contributed by atoms with Crippen molar-refractivity contribution in [2.45, 2.75) is 11.8 Å².